The highest BCUT2D eigenvalue weighted by Gasteiger charge is 2.28. The first-order chi connectivity index (χ1) is 17.6. The Bertz CT molecular complexity index is 1030. The van der Waals surface area contributed by atoms with Crippen LogP contribution in [0.2, 0.25) is 5.02 Å². The maximum Gasteiger partial charge on any atom is 0.184 e. The number of hydrogen-bond donors (Lipinski definition) is 0. The monoisotopic (exact) mass is 508 g/mol. The van der Waals surface area contributed by atoms with Crippen LogP contribution in [0, 0.1) is 23.6 Å². The highest BCUT2D eigenvalue weighted by Crippen LogP contribution is 2.42. The van der Waals surface area contributed by atoms with E-state index in [9.17, 15) is 4.39 Å². The largest absolute Gasteiger partial charge is 0.490 e. The van der Waals surface area contributed by atoms with Gasteiger partial charge in [-0.2, -0.15) is 0 Å². The fourth-order valence-electron chi connectivity index (χ4n) is 6.05. The lowest BCUT2D eigenvalue weighted by molar-refractivity contribution is 0.190. The fraction of sp³-hybridized carbons (Fsp3) is 0.515. The van der Waals surface area contributed by atoms with E-state index in [-0.39, 0.29) is 10.8 Å². The van der Waals surface area contributed by atoms with Crippen molar-refractivity contribution in [1.29, 1.82) is 0 Å². The maximum atomic E-state index is 14.8. The van der Waals surface area contributed by atoms with Crippen LogP contribution in [0.4, 0.5) is 4.39 Å². The Kier molecular flexibility index (Phi) is 10.1. The third kappa shape index (κ3) is 6.82. The molecule has 1 fully saturated rings. The molecule has 4 rings (SSSR count). The van der Waals surface area contributed by atoms with Crippen LogP contribution in [0.3, 0.4) is 0 Å². The number of allylic oxidation sites excluding steroid dienone is 4. The van der Waals surface area contributed by atoms with Crippen LogP contribution in [0.5, 0.6) is 5.75 Å². The molecule has 1 saturated carbocycles. The fourth-order valence-corrected chi connectivity index (χ4v) is 6.31. The van der Waals surface area contributed by atoms with E-state index in [1.807, 2.05) is 6.07 Å². The molecule has 0 amide bonds. The third-order valence-electron chi connectivity index (χ3n) is 8.36. The zero-order valence-electron chi connectivity index (χ0n) is 22.1. The van der Waals surface area contributed by atoms with Crippen LogP contribution in [0.1, 0.15) is 90.0 Å². The van der Waals surface area contributed by atoms with Crippen molar-refractivity contribution in [1.82, 2.24) is 0 Å². The number of ether oxygens (including phenoxy) is 1. The smallest absolute Gasteiger partial charge is 0.184 e. The van der Waals surface area contributed by atoms with Gasteiger partial charge in [-0.25, -0.2) is 4.39 Å². The van der Waals surface area contributed by atoms with Crippen molar-refractivity contribution in [3.05, 3.63) is 71.0 Å². The molecule has 2 aliphatic carbocycles. The van der Waals surface area contributed by atoms with Gasteiger partial charge in [-0.05, 0) is 105 Å². The van der Waals surface area contributed by atoms with Gasteiger partial charge >= 0.3 is 0 Å². The molecule has 2 aliphatic rings. The molecule has 2 aromatic carbocycles. The van der Waals surface area contributed by atoms with Gasteiger partial charge in [0.2, 0.25) is 0 Å². The van der Waals surface area contributed by atoms with E-state index in [2.05, 4.69) is 56.3 Å². The Morgan fingerprint density at radius 1 is 0.972 bits per heavy atom. The van der Waals surface area contributed by atoms with E-state index >= 15 is 0 Å². The zero-order chi connectivity index (χ0) is 25.3. The molecule has 0 aliphatic heterocycles. The Morgan fingerprint density at radius 3 is 2.39 bits per heavy atom. The summed E-state index contributed by atoms with van der Waals surface area (Å²) < 4.78 is 20.3. The molecular formula is C33H42ClFO. The summed E-state index contributed by atoms with van der Waals surface area (Å²) in [6.07, 6.45) is 20.9. The van der Waals surface area contributed by atoms with E-state index in [1.54, 1.807) is 6.07 Å². The average Bonchev–Trinajstić information content (AvgIpc) is 2.92. The number of benzene rings is 2. The van der Waals surface area contributed by atoms with Gasteiger partial charge in [-0.15, -0.1) is 0 Å². The second kappa shape index (κ2) is 13.5. The topological polar surface area (TPSA) is 9.23 Å². The van der Waals surface area contributed by atoms with Crippen LogP contribution in [-0.2, 0) is 0 Å². The van der Waals surface area contributed by atoms with Crippen molar-refractivity contribution in [3.8, 4) is 16.9 Å². The SMILES string of the molecule is C/C=C/CCC1CCC(C2CC=C(c3ccc(-c4ccc(OCCCC)c(F)c4Cl)cc3)CC2)CC1. The molecule has 36 heavy (non-hydrogen) atoms. The lowest BCUT2D eigenvalue weighted by Gasteiger charge is -2.35. The minimum absolute atomic E-state index is 0.132. The molecule has 3 heteroatoms. The van der Waals surface area contributed by atoms with Gasteiger partial charge in [0.15, 0.2) is 11.6 Å². The minimum atomic E-state index is -0.470. The Balaban J connectivity index is 1.33. The Labute approximate surface area is 222 Å². The third-order valence-corrected chi connectivity index (χ3v) is 8.73. The molecule has 0 N–H and O–H groups in total. The summed E-state index contributed by atoms with van der Waals surface area (Å²) in [7, 11) is 0. The first-order valence-electron chi connectivity index (χ1n) is 14.1. The quantitative estimate of drug-likeness (QED) is 0.229. The van der Waals surface area contributed by atoms with E-state index in [0.29, 0.717) is 12.2 Å². The number of halogens is 2. The van der Waals surface area contributed by atoms with Gasteiger partial charge in [0, 0.05) is 5.56 Å². The van der Waals surface area contributed by atoms with E-state index in [1.165, 1.54) is 62.5 Å². The highest BCUT2D eigenvalue weighted by atomic mass is 35.5. The van der Waals surface area contributed by atoms with Crippen molar-refractivity contribution in [2.75, 3.05) is 6.61 Å². The normalized spacial score (nSPS) is 22.6. The Hall–Kier alpha value is -2.06. The molecule has 0 aromatic heterocycles. The second-order valence-electron chi connectivity index (χ2n) is 10.7. The van der Waals surface area contributed by atoms with Gasteiger partial charge in [-0.1, -0.05) is 80.3 Å². The lowest BCUT2D eigenvalue weighted by Crippen LogP contribution is -2.23. The van der Waals surface area contributed by atoms with Gasteiger partial charge in [0.25, 0.3) is 0 Å². The average molecular weight is 509 g/mol. The first kappa shape index (κ1) is 27.0. The van der Waals surface area contributed by atoms with Crippen LogP contribution in [0.15, 0.2) is 54.6 Å². The molecule has 0 saturated heterocycles. The molecule has 1 unspecified atom stereocenters. The number of rotatable bonds is 10. The molecule has 0 bridgehead atoms. The van der Waals surface area contributed by atoms with Crippen molar-refractivity contribution in [3.63, 3.8) is 0 Å². The van der Waals surface area contributed by atoms with Crippen molar-refractivity contribution >= 4 is 17.2 Å². The summed E-state index contributed by atoms with van der Waals surface area (Å²) in [5.41, 5.74) is 4.38. The summed E-state index contributed by atoms with van der Waals surface area (Å²) in [5.74, 6) is 2.47. The molecular weight excluding hydrogens is 467 g/mol. The van der Waals surface area contributed by atoms with Crippen LogP contribution in [-0.4, -0.2) is 6.61 Å². The van der Waals surface area contributed by atoms with E-state index < -0.39 is 5.82 Å². The summed E-state index contributed by atoms with van der Waals surface area (Å²) >= 11 is 6.40. The highest BCUT2D eigenvalue weighted by molar-refractivity contribution is 6.33. The van der Waals surface area contributed by atoms with Gasteiger partial charge in [0.1, 0.15) is 0 Å². The number of unbranched alkanes of at least 4 members (excludes halogenated alkanes) is 1. The van der Waals surface area contributed by atoms with Crippen molar-refractivity contribution in [2.45, 2.75) is 84.5 Å². The second-order valence-corrected chi connectivity index (χ2v) is 11.1. The molecule has 0 spiro atoms. The summed E-state index contributed by atoms with van der Waals surface area (Å²) in [5, 5.41) is 0.132. The first-order valence-corrected chi connectivity index (χ1v) is 14.5. The van der Waals surface area contributed by atoms with E-state index in [0.717, 1.165) is 42.6 Å². The molecule has 194 valence electrons. The van der Waals surface area contributed by atoms with Crippen molar-refractivity contribution in [2.24, 2.45) is 17.8 Å². The summed E-state index contributed by atoms with van der Waals surface area (Å²) in [6, 6.07) is 12.0. The molecule has 2 aromatic rings. The predicted molar refractivity (Wildman–Crippen MR) is 152 cm³/mol. The van der Waals surface area contributed by atoms with Crippen LogP contribution < -0.4 is 4.74 Å². The van der Waals surface area contributed by atoms with Crippen LogP contribution >= 0.6 is 11.6 Å². The molecule has 1 nitrogen and oxygen atoms in total. The summed E-state index contributed by atoms with van der Waals surface area (Å²) in [4.78, 5) is 0. The van der Waals surface area contributed by atoms with Gasteiger partial charge in [0.05, 0.1) is 11.6 Å². The zero-order valence-corrected chi connectivity index (χ0v) is 22.8. The van der Waals surface area contributed by atoms with Gasteiger partial charge in [-0.3, -0.25) is 0 Å². The molecule has 0 heterocycles. The Morgan fingerprint density at radius 2 is 1.72 bits per heavy atom. The standard InChI is InChI=1S/C33H42ClFO/c1-3-5-7-8-24-9-11-25(12-10-24)26-13-15-27(16-14-26)28-17-19-29(20-18-28)30-21-22-31(33(35)32(30)34)36-23-6-4-2/h3,5,15,17-22,24-26H,4,6-14,16,23H2,1-2H3/b5-3+. The van der Waals surface area contributed by atoms with E-state index in [4.69, 9.17) is 16.3 Å². The number of hydrogen-bond acceptors (Lipinski definition) is 1. The van der Waals surface area contributed by atoms with Gasteiger partial charge < -0.3 is 4.74 Å². The molecule has 0 radical (unpaired) electrons. The minimum Gasteiger partial charge on any atom is -0.490 e. The predicted octanol–water partition coefficient (Wildman–Crippen LogP) is 10.7. The van der Waals surface area contributed by atoms with Crippen molar-refractivity contribution < 1.29 is 9.13 Å². The maximum absolute atomic E-state index is 14.8. The summed E-state index contributed by atoms with van der Waals surface area (Å²) in [6.45, 7) is 4.71. The van der Waals surface area contributed by atoms with Crippen LogP contribution in [0.25, 0.3) is 16.7 Å². The lowest BCUT2D eigenvalue weighted by atomic mass is 9.70. The molecule has 1 atom stereocenters.